The van der Waals surface area contributed by atoms with Crippen LogP contribution in [0.1, 0.15) is 17.2 Å². The molecule has 0 unspecified atom stereocenters. The van der Waals surface area contributed by atoms with Crippen LogP contribution in [0.3, 0.4) is 0 Å². The highest BCUT2D eigenvalue weighted by Gasteiger charge is 2.14. The van der Waals surface area contributed by atoms with Gasteiger partial charge < -0.3 is 10.5 Å². The number of benzene rings is 1. The Hall–Kier alpha value is -0.840. The zero-order chi connectivity index (χ0) is 11.5. The number of thiophene rings is 1. The predicted molar refractivity (Wildman–Crippen MR) is 71.0 cm³/mol. The molecule has 1 atom stereocenters. The van der Waals surface area contributed by atoms with E-state index in [2.05, 4.69) is 21.3 Å². The van der Waals surface area contributed by atoms with E-state index in [4.69, 9.17) is 10.5 Å². The zero-order valence-corrected chi connectivity index (χ0v) is 11.2. The van der Waals surface area contributed by atoms with Gasteiger partial charge in [0.15, 0.2) is 0 Å². The summed E-state index contributed by atoms with van der Waals surface area (Å²) in [6.45, 7) is 0. The highest BCUT2D eigenvalue weighted by molar-refractivity contribution is 9.10. The van der Waals surface area contributed by atoms with Gasteiger partial charge in [0.1, 0.15) is 5.75 Å². The largest absolute Gasteiger partial charge is 0.496 e. The fraction of sp³-hybridized carbons (Fsp3) is 0.167. The summed E-state index contributed by atoms with van der Waals surface area (Å²) in [6, 6.07) is 7.77. The minimum Gasteiger partial charge on any atom is -0.496 e. The van der Waals surface area contributed by atoms with Crippen LogP contribution in [-0.4, -0.2) is 7.11 Å². The summed E-state index contributed by atoms with van der Waals surface area (Å²) in [4.78, 5) is 0. The monoisotopic (exact) mass is 297 g/mol. The van der Waals surface area contributed by atoms with E-state index >= 15 is 0 Å². The summed E-state index contributed by atoms with van der Waals surface area (Å²) >= 11 is 5.10. The molecule has 1 heterocycles. The molecule has 2 rings (SSSR count). The van der Waals surface area contributed by atoms with Crippen LogP contribution in [0.25, 0.3) is 0 Å². The van der Waals surface area contributed by atoms with Gasteiger partial charge >= 0.3 is 0 Å². The molecule has 2 aromatic rings. The van der Waals surface area contributed by atoms with E-state index < -0.39 is 0 Å². The second kappa shape index (κ2) is 4.99. The molecule has 0 amide bonds. The van der Waals surface area contributed by atoms with Crippen molar-refractivity contribution in [1.82, 2.24) is 0 Å². The van der Waals surface area contributed by atoms with Crippen molar-refractivity contribution >= 4 is 27.3 Å². The fourth-order valence-electron chi connectivity index (χ4n) is 1.58. The van der Waals surface area contributed by atoms with Crippen molar-refractivity contribution in [2.45, 2.75) is 6.04 Å². The van der Waals surface area contributed by atoms with Gasteiger partial charge in [0.25, 0.3) is 0 Å². The van der Waals surface area contributed by atoms with Crippen molar-refractivity contribution in [2.24, 2.45) is 5.73 Å². The second-order valence-corrected chi connectivity index (χ2v) is 5.12. The lowest BCUT2D eigenvalue weighted by Crippen LogP contribution is -2.12. The van der Waals surface area contributed by atoms with E-state index in [0.29, 0.717) is 0 Å². The standard InChI is InChI=1S/C12H12BrNOS/c1-15-11-3-2-9(13)6-10(11)12(14)8-4-5-16-7-8/h2-7,12H,14H2,1H3/t12-/m0/s1. The number of halogens is 1. The summed E-state index contributed by atoms with van der Waals surface area (Å²) in [7, 11) is 1.66. The maximum atomic E-state index is 6.21. The molecule has 0 bridgehead atoms. The van der Waals surface area contributed by atoms with Crippen LogP contribution >= 0.6 is 27.3 Å². The third-order valence-corrected chi connectivity index (χ3v) is 3.62. The first-order valence-corrected chi connectivity index (χ1v) is 6.57. The molecule has 0 fully saturated rings. The Bertz CT molecular complexity index is 470. The highest BCUT2D eigenvalue weighted by atomic mass is 79.9. The average Bonchev–Trinajstić information content (AvgIpc) is 2.81. The van der Waals surface area contributed by atoms with E-state index in [-0.39, 0.29) is 6.04 Å². The molecule has 1 aromatic carbocycles. The summed E-state index contributed by atoms with van der Waals surface area (Å²) in [5.74, 6) is 0.821. The van der Waals surface area contributed by atoms with Crippen LogP contribution in [-0.2, 0) is 0 Å². The Morgan fingerprint density at radius 2 is 2.19 bits per heavy atom. The Labute approximate surface area is 107 Å². The van der Waals surface area contributed by atoms with Crippen molar-refractivity contribution in [3.63, 3.8) is 0 Å². The SMILES string of the molecule is COc1ccc(Br)cc1[C@@H](N)c1ccsc1. The number of ether oxygens (including phenoxy) is 1. The molecular formula is C12H12BrNOS. The van der Waals surface area contributed by atoms with E-state index in [0.717, 1.165) is 21.3 Å². The van der Waals surface area contributed by atoms with E-state index in [9.17, 15) is 0 Å². The Kier molecular flexibility index (Phi) is 3.63. The molecule has 0 saturated carbocycles. The first-order chi connectivity index (χ1) is 7.72. The first-order valence-electron chi connectivity index (χ1n) is 4.83. The molecule has 0 spiro atoms. The van der Waals surface area contributed by atoms with Crippen molar-refractivity contribution in [3.05, 3.63) is 50.6 Å². The van der Waals surface area contributed by atoms with Gasteiger partial charge in [-0.1, -0.05) is 15.9 Å². The summed E-state index contributed by atoms with van der Waals surface area (Å²) < 4.78 is 6.33. The van der Waals surface area contributed by atoms with Crippen LogP contribution in [0, 0.1) is 0 Å². The second-order valence-electron chi connectivity index (χ2n) is 3.42. The molecular weight excluding hydrogens is 286 g/mol. The molecule has 4 heteroatoms. The minimum atomic E-state index is -0.140. The van der Waals surface area contributed by atoms with Gasteiger partial charge in [0.2, 0.25) is 0 Å². The number of hydrogen-bond donors (Lipinski definition) is 1. The van der Waals surface area contributed by atoms with Crippen LogP contribution in [0.4, 0.5) is 0 Å². The average molecular weight is 298 g/mol. The number of methoxy groups -OCH3 is 1. The van der Waals surface area contributed by atoms with Crippen molar-refractivity contribution in [1.29, 1.82) is 0 Å². The molecule has 0 radical (unpaired) electrons. The van der Waals surface area contributed by atoms with Crippen molar-refractivity contribution in [2.75, 3.05) is 7.11 Å². The van der Waals surface area contributed by atoms with Gasteiger partial charge in [-0.3, -0.25) is 0 Å². The molecule has 0 aliphatic heterocycles. The lowest BCUT2D eigenvalue weighted by atomic mass is 10.0. The van der Waals surface area contributed by atoms with Gasteiger partial charge in [-0.05, 0) is 40.6 Å². The normalized spacial score (nSPS) is 12.4. The fourth-order valence-corrected chi connectivity index (χ4v) is 2.66. The lowest BCUT2D eigenvalue weighted by molar-refractivity contribution is 0.408. The Morgan fingerprint density at radius 3 is 2.81 bits per heavy atom. The predicted octanol–water partition coefficient (Wildman–Crippen LogP) is 3.57. The topological polar surface area (TPSA) is 35.2 Å². The van der Waals surface area contributed by atoms with E-state index in [1.54, 1.807) is 18.4 Å². The number of rotatable bonds is 3. The lowest BCUT2D eigenvalue weighted by Gasteiger charge is -2.15. The number of hydrogen-bond acceptors (Lipinski definition) is 3. The van der Waals surface area contributed by atoms with Gasteiger partial charge in [0.05, 0.1) is 13.2 Å². The molecule has 84 valence electrons. The van der Waals surface area contributed by atoms with Gasteiger partial charge in [-0.25, -0.2) is 0 Å². The van der Waals surface area contributed by atoms with Crippen molar-refractivity contribution in [3.8, 4) is 5.75 Å². The maximum absolute atomic E-state index is 6.21. The molecule has 0 saturated heterocycles. The third kappa shape index (κ3) is 2.29. The zero-order valence-electron chi connectivity index (χ0n) is 8.81. The molecule has 1 aromatic heterocycles. The van der Waals surface area contributed by atoms with Crippen LogP contribution < -0.4 is 10.5 Å². The summed E-state index contributed by atoms with van der Waals surface area (Å²) in [5.41, 5.74) is 8.32. The smallest absolute Gasteiger partial charge is 0.124 e. The van der Waals surface area contributed by atoms with Gasteiger partial charge in [-0.15, -0.1) is 0 Å². The summed E-state index contributed by atoms with van der Waals surface area (Å²) in [5, 5.41) is 4.09. The van der Waals surface area contributed by atoms with E-state index in [1.807, 2.05) is 29.6 Å². The minimum absolute atomic E-state index is 0.140. The Morgan fingerprint density at radius 1 is 1.38 bits per heavy atom. The third-order valence-electron chi connectivity index (χ3n) is 2.43. The summed E-state index contributed by atoms with van der Waals surface area (Å²) in [6.07, 6.45) is 0. The molecule has 2 N–H and O–H groups in total. The quantitative estimate of drug-likeness (QED) is 0.940. The van der Waals surface area contributed by atoms with Crippen LogP contribution in [0.15, 0.2) is 39.5 Å². The molecule has 2 nitrogen and oxygen atoms in total. The Balaban J connectivity index is 2.42. The number of nitrogens with two attached hydrogens (primary N) is 1. The molecule has 0 aliphatic rings. The van der Waals surface area contributed by atoms with Gasteiger partial charge in [0, 0.05) is 10.0 Å². The first kappa shape index (κ1) is 11.6. The highest BCUT2D eigenvalue weighted by Crippen LogP contribution is 2.31. The van der Waals surface area contributed by atoms with Crippen LogP contribution in [0.5, 0.6) is 5.75 Å². The van der Waals surface area contributed by atoms with E-state index in [1.165, 1.54) is 0 Å². The van der Waals surface area contributed by atoms with Gasteiger partial charge in [-0.2, -0.15) is 11.3 Å². The van der Waals surface area contributed by atoms with Crippen molar-refractivity contribution < 1.29 is 4.74 Å². The molecule has 16 heavy (non-hydrogen) atoms. The molecule has 0 aliphatic carbocycles. The maximum Gasteiger partial charge on any atom is 0.124 e. The van der Waals surface area contributed by atoms with Crippen LogP contribution in [0.2, 0.25) is 0 Å².